The predicted octanol–water partition coefficient (Wildman–Crippen LogP) is 1.95. The quantitative estimate of drug-likeness (QED) is 0.828. The van der Waals surface area contributed by atoms with Gasteiger partial charge in [0.15, 0.2) is 11.5 Å². The van der Waals surface area contributed by atoms with Gasteiger partial charge in [0.1, 0.15) is 5.82 Å². The smallest absolute Gasteiger partial charge is 0.239 e. The van der Waals surface area contributed by atoms with Crippen molar-refractivity contribution in [2.24, 2.45) is 0 Å². The Balaban J connectivity index is 1.70. The number of carbonyl (C=O) groups excluding carboxylic acids is 1. The first-order valence-corrected chi connectivity index (χ1v) is 9.55. The number of nitrogens with zero attached hydrogens (tertiary/aromatic N) is 1. The average Bonchev–Trinajstić information content (AvgIpc) is 3.03. The summed E-state index contributed by atoms with van der Waals surface area (Å²) in [5, 5.41) is 2.54. The largest absolute Gasteiger partial charge is 0.454 e. The summed E-state index contributed by atoms with van der Waals surface area (Å²) in [5.74, 6) is 0.173. The van der Waals surface area contributed by atoms with Crippen molar-refractivity contribution >= 4 is 21.6 Å². The number of hydrogen-bond acceptors (Lipinski definition) is 5. The van der Waals surface area contributed by atoms with Gasteiger partial charge in [0, 0.05) is 12.2 Å². The molecule has 1 N–H and O–H groups in total. The molecule has 9 heteroatoms. The average molecular weight is 380 g/mol. The number of sulfonamides is 1. The van der Waals surface area contributed by atoms with E-state index in [1.165, 1.54) is 24.3 Å². The number of ether oxygens (including phenoxy) is 2. The van der Waals surface area contributed by atoms with Crippen LogP contribution in [0.3, 0.4) is 0 Å². The summed E-state index contributed by atoms with van der Waals surface area (Å²) in [6, 6.07) is 10.3. The molecule has 1 aliphatic heterocycles. The molecule has 0 radical (unpaired) electrons. The molecule has 3 rings (SSSR count). The van der Waals surface area contributed by atoms with E-state index in [-0.39, 0.29) is 19.9 Å². The third-order valence-electron chi connectivity index (χ3n) is 3.71. The highest BCUT2D eigenvalue weighted by atomic mass is 32.2. The van der Waals surface area contributed by atoms with Gasteiger partial charge < -0.3 is 14.8 Å². The van der Waals surface area contributed by atoms with Gasteiger partial charge in [-0.05, 0) is 42.0 Å². The summed E-state index contributed by atoms with van der Waals surface area (Å²) in [6.07, 6.45) is 1.03. The first kappa shape index (κ1) is 18.2. The van der Waals surface area contributed by atoms with E-state index >= 15 is 0 Å². The van der Waals surface area contributed by atoms with Gasteiger partial charge in [0.2, 0.25) is 22.7 Å². The third kappa shape index (κ3) is 4.50. The van der Waals surface area contributed by atoms with Gasteiger partial charge in [0.05, 0.1) is 12.8 Å². The number of amides is 1. The monoisotopic (exact) mass is 380 g/mol. The lowest BCUT2D eigenvalue weighted by Gasteiger charge is -2.19. The minimum Gasteiger partial charge on any atom is -0.454 e. The van der Waals surface area contributed by atoms with E-state index in [9.17, 15) is 17.6 Å². The molecule has 7 nitrogen and oxygen atoms in total. The Hall–Kier alpha value is -2.65. The predicted molar refractivity (Wildman–Crippen MR) is 92.8 cm³/mol. The van der Waals surface area contributed by atoms with Gasteiger partial charge in [-0.2, -0.15) is 4.31 Å². The second-order valence-corrected chi connectivity index (χ2v) is 7.76. The molecule has 1 aliphatic rings. The van der Waals surface area contributed by atoms with Gasteiger partial charge in [-0.25, -0.2) is 12.8 Å². The van der Waals surface area contributed by atoms with Gasteiger partial charge in [-0.15, -0.1) is 0 Å². The van der Waals surface area contributed by atoms with E-state index in [1.54, 1.807) is 18.2 Å². The fraction of sp³-hybridized carbons (Fsp3) is 0.235. The van der Waals surface area contributed by atoms with E-state index in [1.807, 2.05) is 0 Å². The number of halogens is 1. The summed E-state index contributed by atoms with van der Waals surface area (Å²) < 4.78 is 48.5. The van der Waals surface area contributed by atoms with Crippen LogP contribution < -0.4 is 14.8 Å². The van der Waals surface area contributed by atoms with Gasteiger partial charge in [-0.1, -0.05) is 6.07 Å². The fourth-order valence-electron chi connectivity index (χ4n) is 2.43. The van der Waals surface area contributed by atoms with Crippen LogP contribution in [0.15, 0.2) is 42.5 Å². The van der Waals surface area contributed by atoms with Crippen LogP contribution in [0.25, 0.3) is 0 Å². The van der Waals surface area contributed by atoms with Crippen LogP contribution in [-0.2, 0) is 21.4 Å². The van der Waals surface area contributed by atoms with Crippen LogP contribution >= 0.6 is 0 Å². The lowest BCUT2D eigenvalue weighted by molar-refractivity contribution is -0.116. The number of fused-ring (bicyclic) bond motifs is 1. The lowest BCUT2D eigenvalue weighted by atomic mass is 10.2. The standard InChI is InChI=1S/C17H17FN2O5S/c1-26(22,23)20(9-12-2-7-15-16(8-12)25-11-24-15)10-17(21)19-14-5-3-13(18)4-6-14/h2-8H,9-11H2,1H3,(H,19,21). The number of benzene rings is 2. The van der Waals surface area contributed by atoms with Crippen molar-refractivity contribution in [1.82, 2.24) is 4.31 Å². The van der Waals surface area contributed by atoms with Crippen molar-refractivity contribution in [3.05, 3.63) is 53.8 Å². The second-order valence-electron chi connectivity index (χ2n) is 5.77. The summed E-state index contributed by atoms with van der Waals surface area (Å²) in [5.41, 5.74) is 1.04. The van der Waals surface area contributed by atoms with Crippen LogP contribution in [0.1, 0.15) is 5.56 Å². The lowest BCUT2D eigenvalue weighted by Crippen LogP contribution is -2.36. The molecule has 0 aliphatic carbocycles. The Morgan fingerprint density at radius 3 is 2.54 bits per heavy atom. The Kier molecular flexibility index (Phi) is 5.10. The first-order valence-electron chi connectivity index (χ1n) is 7.70. The highest BCUT2D eigenvalue weighted by Crippen LogP contribution is 2.32. The molecule has 2 aromatic carbocycles. The molecule has 0 aromatic heterocycles. The summed E-state index contributed by atoms with van der Waals surface area (Å²) >= 11 is 0. The molecule has 0 bridgehead atoms. The topological polar surface area (TPSA) is 84.9 Å². The Morgan fingerprint density at radius 2 is 1.85 bits per heavy atom. The second kappa shape index (κ2) is 7.30. The molecule has 0 unspecified atom stereocenters. The Labute approximate surface area is 150 Å². The SMILES string of the molecule is CS(=O)(=O)N(CC(=O)Nc1ccc(F)cc1)Cc1ccc2c(c1)OCO2. The van der Waals surface area contributed by atoms with E-state index in [0.717, 1.165) is 10.6 Å². The van der Waals surface area contributed by atoms with Gasteiger partial charge in [0.25, 0.3) is 0 Å². The van der Waals surface area contributed by atoms with Crippen molar-refractivity contribution in [1.29, 1.82) is 0 Å². The summed E-state index contributed by atoms with van der Waals surface area (Å²) in [6.45, 7) is -0.244. The maximum Gasteiger partial charge on any atom is 0.239 e. The van der Waals surface area contributed by atoms with Crippen LogP contribution in [0, 0.1) is 5.82 Å². The van der Waals surface area contributed by atoms with Crippen molar-refractivity contribution in [2.45, 2.75) is 6.54 Å². The van der Waals surface area contributed by atoms with E-state index in [4.69, 9.17) is 9.47 Å². The minimum atomic E-state index is -3.63. The maximum atomic E-state index is 12.9. The molecule has 0 saturated heterocycles. The van der Waals surface area contributed by atoms with Crippen molar-refractivity contribution < 1.29 is 27.1 Å². The van der Waals surface area contributed by atoms with Crippen molar-refractivity contribution in [3.63, 3.8) is 0 Å². The van der Waals surface area contributed by atoms with Crippen molar-refractivity contribution in [3.8, 4) is 11.5 Å². The molecule has 0 spiro atoms. The molecule has 0 saturated carbocycles. The molecule has 0 atom stereocenters. The molecule has 26 heavy (non-hydrogen) atoms. The zero-order valence-corrected chi connectivity index (χ0v) is 14.8. The van der Waals surface area contributed by atoms with E-state index < -0.39 is 21.7 Å². The summed E-state index contributed by atoms with van der Waals surface area (Å²) in [7, 11) is -3.63. The zero-order valence-electron chi connectivity index (χ0n) is 13.9. The van der Waals surface area contributed by atoms with Gasteiger partial charge >= 0.3 is 0 Å². The number of carbonyl (C=O) groups is 1. The van der Waals surface area contributed by atoms with Crippen LogP contribution in [-0.4, -0.2) is 38.2 Å². The normalized spacial score (nSPS) is 13.0. The van der Waals surface area contributed by atoms with Crippen molar-refractivity contribution in [2.75, 3.05) is 24.9 Å². The molecular weight excluding hydrogens is 363 g/mol. The van der Waals surface area contributed by atoms with Crippen LogP contribution in [0.4, 0.5) is 10.1 Å². The van der Waals surface area contributed by atoms with Crippen LogP contribution in [0.5, 0.6) is 11.5 Å². The molecule has 0 fully saturated rings. The van der Waals surface area contributed by atoms with Gasteiger partial charge in [-0.3, -0.25) is 4.79 Å². The first-order chi connectivity index (χ1) is 12.3. The Morgan fingerprint density at radius 1 is 1.15 bits per heavy atom. The molecule has 138 valence electrons. The highest BCUT2D eigenvalue weighted by molar-refractivity contribution is 7.88. The van der Waals surface area contributed by atoms with Crippen LogP contribution in [0.2, 0.25) is 0 Å². The third-order valence-corrected chi connectivity index (χ3v) is 4.91. The van der Waals surface area contributed by atoms with E-state index in [2.05, 4.69) is 5.32 Å². The zero-order chi connectivity index (χ0) is 18.7. The molecule has 2 aromatic rings. The molecule has 1 heterocycles. The Bertz CT molecular complexity index is 915. The maximum absolute atomic E-state index is 12.9. The minimum absolute atomic E-state index is 0.00626. The fourth-order valence-corrected chi connectivity index (χ4v) is 3.16. The number of rotatable bonds is 6. The molecular formula is C17H17FN2O5S. The van der Waals surface area contributed by atoms with E-state index in [0.29, 0.717) is 22.7 Å². The summed E-state index contributed by atoms with van der Waals surface area (Å²) in [4.78, 5) is 12.2. The number of anilines is 1. The number of hydrogen-bond donors (Lipinski definition) is 1. The molecule has 1 amide bonds. The highest BCUT2D eigenvalue weighted by Gasteiger charge is 2.22. The number of nitrogens with one attached hydrogen (secondary N) is 1.